The predicted octanol–water partition coefficient (Wildman–Crippen LogP) is 2.96. The maximum absolute atomic E-state index is 13.2. The Kier molecular flexibility index (Phi) is 7.04. The van der Waals surface area contributed by atoms with Crippen molar-refractivity contribution in [1.82, 2.24) is 20.1 Å². The molecule has 2 fully saturated rings. The highest BCUT2D eigenvalue weighted by Crippen LogP contribution is 2.40. The summed E-state index contributed by atoms with van der Waals surface area (Å²) in [5, 5.41) is 2.61. The number of piperidine rings is 1. The molecule has 188 valence electrons. The number of carbonyl (C=O) groups is 3. The van der Waals surface area contributed by atoms with E-state index in [0.717, 1.165) is 24.8 Å². The molecule has 2 aliphatic rings. The van der Waals surface area contributed by atoms with Crippen molar-refractivity contribution < 1.29 is 18.8 Å². The molecule has 2 aromatic heterocycles. The molecular weight excluding hydrogens is 468 g/mol. The highest BCUT2D eigenvalue weighted by Gasteiger charge is 2.42. The predicted molar refractivity (Wildman–Crippen MR) is 136 cm³/mol. The average molecular weight is 497 g/mol. The molecule has 0 unspecified atom stereocenters. The lowest BCUT2D eigenvalue weighted by Crippen LogP contribution is -2.47. The first-order valence-corrected chi connectivity index (χ1v) is 12.4. The van der Waals surface area contributed by atoms with Crippen LogP contribution in [-0.2, 0) is 4.79 Å². The van der Waals surface area contributed by atoms with Crippen molar-refractivity contribution in [2.75, 3.05) is 32.7 Å². The molecule has 2 aliphatic heterocycles. The lowest BCUT2D eigenvalue weighted by atomic mass is 9.78. The Hall–Kier alpha value is -4.38. The molecule has 8 nitrogen and oxygen atoms in total. The number of pyridine rings is 1. The van der Waals surface area contributed by atoms with Crippen LogP contribution in [0.5, 0.6) is 0 Å². The zero-order chi connectivity index (χ0) is 25.7. The first kappa shape index (κ1) is 24.3. The van der Waals surface area contributed by atoms with Gasteiger partial charge in [0.05, 0.1) is 18.4 Å². The van der Waals surface area contributed by atoms with E-state index in [4.69, 9.17) is 4.42 Å². The molecule has 3 amide bonds. The fraction of sp³-hybridized carbons (Fsp3) is 0.310. The van der Waals surface area contributed by atoms with E-state index in [1.807, 2.05) is 35.2 Å². The highest BCUT2D eigenvalue weighted by atomic mass is 16.3. The van der Waals surface area contributed by atoms with Gasteiger partial charge in [0.25, 0.3) is 11.8 Å². The van der Waals surface area contributed by atoms with Gasteiger partial charge in [-0.15, -0.1) is 0 Å². The molecule has 0 saturated carbocycles. The molecule has 1 N–H and O–H groups in total. The van der Waals surface area contributed by atoms with E-state index in [1.165, 1.54) is 6.26 Å². The van der Waals surface area contributed by atoms with E-state index in [9.17, 15) is 14.4 Å². The summed E-state index contributed by atoms with van der Waals surface area (Å²) < 4.78 is 5.05. The van der Waals surface area contributed by atoms with E-state index in [1.54, 1.807) is 35.5 Å². The van der Waals surface area contributed by atoms with Crippen molar-refractivity contribution in [2.45, 2.75) is 19.3 Å². The second-order valence-corrected chi connectivity index (χ2v) is 9.60. The number of hydrogen-bond acceptors (Lipinski definition) is 5. The molecule has 1 spiro atoms. The number of aromatic nitrogens is 1. The molecular formula is C29H28N4O4. The molecule has 0 bridgehead atoms. The quantitative estimate of drug-likeness (QED) is 0.561. The van der Waals surface area contributed by atoms with Gasteiger partial charge >= 0.3 is 0 Å². The van der Waals surface area contributed by atoms with Crippen LogP contribution in [0.3, 0.4) is 0 Å². The van der Waals surface area contributed by atoms with Crippen LogP contribution in [0.1, 0.15) is 51.3 Å². The Bertz CT molecular complexity index is 1330. The second kappa shape index (κ2) is 10.7. The standard InChI is InChI=1S/C29H28N4O4/c34-26(20-31-27(35)25-7-4-16-37-25)32-13-10-29(11-14-32)12-15-33(21-29)28(36)24-17-23(18-30-19-24)9-8-22-5-2-1-3-6-22/h1-7,16-19H,10-15,20-21H2,(H,31,35). The summed E-state index contributed by atoms with van der Waals surface area (Å²) in [4.78, 5) is 45.8. The SMILES string of the molecule is O=C(NCC(=O)N1CCC2(CC1)CCN(C(=O)c1cncc(C#Cc3ccccc3)c1)C2)c1ccco1. The summed E-state index contributed by atoms with van der Waals surface area (Å²) in [5.41, 5.74) is 2.17. The minimum absolute atomic E-state index is 0.0159. The highest BCUT2D eigenvalue weighted by molar-refractivity contribution is 5.95. The van der Waals surface area contributed by atoms with E-state index in [2.05, 4.69) is 22.1 Å². The monoisotopic (exact) mass is 496 g/mol. The minimum Gasteiger partial charge on any atom is -0.459 e. The van der Waals surface area contributed by atoms with E-state index in [0.29, 0.717) is 37.3 Å². The van der Waals surface area contributed by atoms with Crippen LogP contribution in [0.25, 0.3) is 0 Å². The van der Waals surface area contributed by atoms with Crippen LogP contribution in [0.2, 0.25) is 0 Å². The number of nitrogens with one attached hydrogen (secondary N) is 1. The zero-order valence-electron chi connectivity index (χ0n) is 20.5. The number of furan rings is 1. The van der Waals surface area contributed by atoms with Crippen LogP contribution in [0, 0.1) is 17.3 Å². The van der Waals surface area contributed by atoms with Gasteiger partial charge in [-0.3, -0.25) is 19.4 Å². The van der Waals surface area contributed by atoms with Crippen molar-refractivity contribution in [2.24, 2.45) is 5.41 Å². The van der Waals surface area contributed by atoms with Crippen LogP contribution < -0.4 is 5.32 Å². The molecule has 0 aliphatic carbocycles. The lowest BCUT2D eigenvalue weighted by Gasteiger charge is -2.39. The van der Waals surface area contributed by atoms with Gasteiger partial charge in [0.15, 0.2) is 5.76 Å². The minimum atomic E-state index is -0.401. The summed E-state index contributed by atoms with van der Waals surface area (Å²) in [6.45, 7) is 2.52. The van der Waals surface area contributed by atoms with Gasteiger partial charge < -0.3 is 19.5 Å². The van der Waals surface area contributed by atoms with Crippen molar-refractivity contribution in [1.29, 1.82) is 0 Å². The Morgan fingerprint density at radius 3 is 2.38 bits per heavy atom. The fourth-order valence-corrected chi connectivity index (χ4v) is 4.98. The Labute approximate surface area is 215 Å². The fourth-order valence-electron chi connectivity index (χ4n) is 4.98. The van der Waals surface area contributed by atoms with Crippen LogP contribution >= 0.6 is 0 Å². The molecule has 37 heavy (non-hydrogen) atoms. The van der Waals surface area contributed by atoms with E-state index >= 15 is 0 Å². The van der Waals surface area contributed by atoms with Crippen molar-refractivity contribution >= 4 is 17.7 Å². The van der Waals surface area contributed by atoms with Gasteiger partial charge in [-0.1, -0.05) is 30.0 Å². The Balaban J connectivity index is 1.14. The summed E-state index contributed by atoms with van der Waals surface area (Å²) in [7, 11) is 0. The molecule has 3 aromatic rings. The van der Waals surface area contributed by atoms with E-state index < -0.39 is 5.91 Å². The first-order valence-electron chi connectivity index (χ1n) is 12.4. The maximum atomic E-state index is 13.2. The molecule has 1 aromatic carbocycles. The van der Waals surface area contributed by atoms with Gasteiger partial charge in [0.2, 0.25) is 5.91 Å². The molecule has 2 saturated heterocycles. The number of nitrogens with zero attached hydrogens (tertiary/aromatic N) is 3. The smallest absolute Gasteiger partial charge is 0.287 e. The van der Waals surface area contributed by atoms with Crippen molar-refractivity contribution in [3.8, 4) is 11.8 Å². The van der Waals surface area contributed by atoms with Gasteiger partial charge in [0, 0.05) is 49.7 Å². The zero-order valence-corrected chi connectivity index (χ0v) is 20.5. The molecule has 5 rings (SSSR count). The normalized spacial score (nSPS) is 16.2. The Morgan fingerprint density at radius 1 is 0.919 bits per heavy atom. The Morgan fingerprint density at radius 2 is 1.65 bits per heavy atom. The molecule has 0 atom stereocenters. The topological polar surface area (TPSA) is 95.8 Å². The van der Waals surface area contributed by atoms with Gasteiger partial charge in [0.1, 0.15) is 0 Å². The number of carbonyl (C=O) groups excluding carboxylic acids is 3. The summed E-state index contributed by atoms with van der Waals surface area (Å²) in [6, 6.07) is 14.7. The van der Waals surface area contributed by atoms with E-state index in [-0.39, 0.29) is 29.5 Å². The largest absolute Gasteiger partial charge is 0.459 e. The lowest BCUT2D eigenvalue weighted by molar-refractivity contribution is -0.132. The summed E-state index contributed by atoms with van der Waals surface area (Å²) in [5.74, 6) is 5.83. The molecule has 0 radical (unpaired) electrons. The first-order chi connectivity index (χ1) is 18.0. The van der Waals surface area contributed by atoms with Crippen molar-refractivity contribution in [3.63, 3.8) is 0 Å². The van der Waals surface area contributed by atoms with Gasteiger partial charge in [-0.25, -0.2) is 0 Å². The van der Waals surface area contributed by atoms with Crippen molar-refractivity contribution in [3.05, 3.63) is 89.6 Å². The number of amides is 3. The van der Waals surface area contributed by atoms with Gasteiger partial charge in [-0.2, -0.15) is 0 Å². The summed E-state index contributed by atoms with van der Waals surface area (Å²) in [6.07, 6.45) is 7.26. The molecule has 8 heteroatoms. The molecule has 4 heterocycles. The number of likely N-dealkylation sites (tertiary alicyclic amines) is 2. The third-order valence-corrected chi connectivity index (χ3v) is 7.16. The number of hydrogen-bond donors (Lipinski definition) is 1. The number of benzene rings is 1. The second-order valence-electron chi connectivity index (χ2n) is 9.60. The van der Waals surface area contributed by atoms with Crippen LogP contribution in [0.15, 0.2) is 71.6 Å². The maximum Gasteiger partial charge on any atom is 0.287 e. The third-order valence-electron chi connectivity index (χ3n) is 7.16. The van der Waals surface area contributed by atoms with Crippen LogP contribution in [0.4, 0.5) is 0 Å². The van der Waals surface area contributed by atoms with Crippen LogP contribution in [-0.4, -0.2) is 65.2 Å². The number of rotatable bonds is 4. The van der Waals surface area contributed by atoms with Gasteiger partial charge in [-0.05, 0) is 55.0 Å². The average Bonchev–Trinajstić information content (AvgIpc) is 3.62. The summed E-state index contributed by atoms with van der Waals surface area (Å²) >= 11 is 0. The third kappa shape index (κ3) is 5.72.